The van der Waals surface area contributed by atoms with Crippen molar-refractivity contribution in [3.8, 4) is 0 Å². The SMILES string of the molecule is CCN1CCNCc2ccc(F)cc21. The lowest BCUT2D eigenvalue weighted by Crippen LogP contribution is -2.28. The summed E-state index contributed by atoms with van der Waals surface area (Å²) in [6.45, 7) is 5.78. The molecule has 2 nitrogen and oxygen atoms in total. The van der Waals surface area contributed by atoms with Gasteiger partial charge in [-0.25, -0.2) is 4.39 Å². The van der Waals surface area contributed by atoms with E-state index in [0.717, 1.165) is 31.9 Å². The Hall–Kier alpha value is -1.09. The Balaban J connectivity index is 2.40. The molecule has 1 heterocycles. The van der Waals surface area contributed by atoms with E-state index in [1.165, 1.54) is 11.6 Å². The molecule has 0 bridgehead atoms. The lowest BCUT2D eigenvalue weighted by molar-refractivity contribution is 0.626. The number of rotatable bonds is 1. The molecule has 0 aliphatic carbocycles. The lowest BCUT2D eigenvalue weighted by Gasteiger charge is -2.22. The first-order valence-corrected chi connectivity index (χ1v) is 5.05. The van der Waals surface area contributed by atoms with Crippen LogP contribution in [0.3, 0.4) is 0 Å². The highest BCUT2D eigenvalue weighted by Crippen LogP contribution is 2.23. The van der Waals surface area contributed by atoms with Gasteiger partial charge in [0.15, 0.2) is 0 Å². The van der Waals surface area contributed by atoms with Gasteiger partial charge in [-0.1, -0.05) is 6.07 Å². The number of nitrogens with zero attached hydrogens (tertiary/aromatic N) is 1. The maximum absolute atomic E-state index is 13.1. The summed E-state index contributed by atoms with van der Waals surface area (Å²) in [4.78, 5) is 2.21. The Morgan fingerprint density at radius 3 is 3.14 bits per heavy atom. The topological polar surface area (TPSA) is 15.3 Å². The zero-order valence-corrected chi connectivity index (χ0v) is 8.39. The van der Waals surface area contributed by atoms with Crippen molar-refractivity contribution in [2.75, 3.05) is 24.5 Å². The van der Waals surface area contributed by atoms with Gasteiger partial charge < -0.3 is 10.2 Å². The summed E-state index contributed by atoms with van der Waals surface area (Å²) in [5.74, 6) is -0.149. The average Bonchev–Trinajstić information content (AvgIpc) is 2.39. The normalized spacial score (nSPS) is 16.3. The maximum Gasteiger partial charge on any atom is 0.125 e. The van der Waals surface area contributed by atoms with Gasteiger partial charge in [0.1, 0.15) is 5.82 Å². The molecular formula is C11H15FN2. The summed E-state index contributed by atoms with van der Waals surface area (Å²) in [5, 5.41) is 3.32. The predicted molar refractivity (Wildman–Crippen MR) is 56.0 cm³/mol. The highest BCUT2D eigenvalue weighted by molar-refractivity contribution is 5.54. The van der Waals surface area contributed by atoms with Crippen LogP contribution in [0, 0.1) is 5.82 Å². The van der Waals surface area contributed by atoms with Crippen LogP contribution in [0.15, 0.2) is 18.2 Å². The van der Waals surface area contributed by atoms with Crippen molar-refractivity contribution in [2.45, 2.75) is 13.5 Å². The van der Waals surface area contributed by atoms with Gasteiger partial charge in [0.25, 0.3) is 0 Å². The van der Waals surface area contributed by atoms with Crippen molar-refractivity contribution in [1.29, 1.82) is 0 Å². The summed E-state index contributed by atoms with van der Waals surface area (Å²) in [5.41, 5.74) is 2.23. The van der Waals surface area contributed by atoms with E-state index in [1.807, 2.05) is 6.07 Å². The first-order chi connectivity index (χ1) is 6.81. The molecule has 0 fully saturated rings. The molecule has 0 spiro atoms. The molecule has 3 heteroatoms. The number of fused-ring (bicyclic) bond motifs is 1. The van der Waals surface area contributed by atoms with E-state index >= 15 is 0 Å². The summed E-state index contributed by atoms with van der Waals surface area (Å²) in [7, 11) is 0. The number of hydrogen-bond acceptors (Lipinski definition) is 2. The van der Waals surface area contributed by atoms with Crippen LogP contribution in [-0.2, 0) is 6.54 Å². The predicted octanol–water partition coefficient (Wildman–Crippen LogP) is 1.76. The molecule has 1 aliphatic heterocycles. The molecule has 14 heavy (non-hydrogen) atoms. The van der Waals surface area contributed by atoms with E-state index in [-0.39, 0.29) is 5.82 Å². The number of hydrogen-bond donors (Lipinski definition) is 1. The van der Waals surface area contributed by atoms with E-state index < -0.39 is 0 Å². The van der Waals surface area contributed by atoms with Gasteiger partial charge in [-0.2, -0.15) is 0 Å². The molecule has 0 aromatic heterocycles. The van der Waals surface area contributed by atoms with Gasteiger partial charge in [-0.05, 0) is 24.6 Å². The van der Waals surface area contributed by atoms with Crippen molar-refractivity contribution in [2.24, 2.45) is 0 Å². The monoisotopic (exact) mass is 194 g/mol. The van der Waals surface area contributed by atoms with Gasteiger partial charge in [0, 0.05) is 31.9 Å². The average molecular weight is 194 g/mol. The van der Waals surface area contributed by atoms with E-state index in [4.69, 9.17) is 0 Å². The quantitative estimate of drug-likeness (QED) is 0.732. The first-order valence-electron chi connectivity index (χ1n) is 5.05. The molecule has 0 saturated heterocycles. The fourth-order valence-electron chi connectivity index (χ4n) is 1.87. The molecule has 2 rings (SSSR count). The first kappa shape index (κ1) is 9.46. The Kier molecular flexibility index (Phi) is 2.68. The Morgan fingerprint density at radius 2 is 2.36 bits per heavy atom. The van der Waals surface area contributed by atoms with Crippen molar-refractivity contribution >= 4 is 5.69 Å². The van der Waals surface area contributed by atoms with Crippen LogP contribution in [0.4, 0.5) is 10.1 Å². The Morgan fingerprint density at radius 1 is 1.50 bits per heavy atom. The molecule has 76 valence electrons. The van der Waals surface area contributed by atoms with Gasteiger partial charge >= 0.3 is 0 Å². The standard InChI is InChI=1S/C11H15FN2/c1-2-14-6-5-13-8-9-3-4-10(12)7-11(9)14/h3-4,7,13H,2,5-6,8H2,1H3. The van der Waals surface area contributed by atoms with Crippen molar-refractivity contribution < 1.29 is 4.39 Å². The lowest BCUT2D eigenvalue weighted by atomic mass is 10.1. The Labute approximate surface area is 83.7 Å². The molecule has 0 saturated carbocycles. The highest BCUT2D eigenvalue weighted by Gasteiger charge is 2.13. The van der Waals surface area contributed by atoms with Crippen LogP contribution >= 0.6 is 0 Å². The molecular weight excluding hydrogens is 179 g/mol. The third-order valence-electron chi connectivity index (χ3n) is 2.64. The molecule has 0 radical (unpaired) electrons. The van der Waals surface area contributed by atoms with Gasteiger partial charge in [-0.15, -0.1) is 0 Å². The van der Waals surface area contributed by atoms with Crippen molar-refractivity contribution in [3.63, 3.8) is 0 Å². The number of anilines is 1. The van der Waals surface area contributed by atoms with Gasteiger partial charge in [-0.3, -0.25) is 0 Å². The Bertz CT molecular complexity index is 325. The fraction of sp³-hybridized carbons (Fsp3) is 0.455. The van der Waals surface area contributed by atoms with Crippen molar-refractivity contribution in [3.05, 3.63) is 29.6 Å². The molecule has 0 amide bonds. The fourth-order valence-corrected chi connectivity index (χ4v) is 1.87. The molecule has 0 atom stereocenters. The van der Waals surface area contributed by atoms with E-state index in [2.05, 4.69) is 17.1 Å². The van der Waals surface area contributed by atoms with Crippen LogP contribution in [0.1, 0.15) is 12.5 Å². The second-order valence-corrected chi connectivity index (χ2v) is 3.53. The van der Waals surface area contributed by atoms with E-state index in [1.54, 1.807) is 6.07 Å². The minimum Gasteiger partial charge on any atom is -0.370 e. The summed E-state index contributed by atoms with van der Waals surface area (Å²) in [6, 6.07) is 5.02. The highest BCUT2D eigenvalue weighted by atomic mass is 19.1. The zero-order chi connectivity index (χ0) is 9.97. The number of nitrogens with one attached hydrogen (secondary N) is 1. The summed E-state index contributed by atoms with van der Waals surface area (Å²) in [6.07, 6.45) is 0. The molecule has 0 unspecified atom stereocenters. The van der Waals surface area contributed by atoms with Crippen LogP contribution in [0.2, 0.25) is 0 Å². The van der Waals surface area contributed by atoms with Crippen LogP contribution in [0.25, 0.3) is 0 Å². The second-order valence-electron chi connectivity index (χ2n) is 3.53. The second kappa shape index (κ2) is 3.96. The molecule has 1 aromatic rings. The van der Waals surface area contributed by atoms with Crippen LogP contribution < -0.4 is 10.2 Å². The summed E-state index contributed by atoms with van der Waals surface area (Å²) >= 11 is 0. The largest absolute Gasteiger partial charge is 0.370 e. The van der Waals surface area contributed by atoms with E-state index in [0.29, 0.717) is 0 Å². The van der Waals surface area contributed by atoms with Gasteiger partial charge in [0.05, 0.1) is 0 Å². The third-order valence-corrected chi connectivity index (χ3v) is 2.64. The number of benzene rings is 1. The minimum absolute atomic E-state index is 0.149. The van der Waals surface area contributed by atoms with Crippen LogP contribution in [0.5, 0.6) is 0 Å². The van der Waals surface area contributed by atoms with E-state index in [9.17, 15) is 4.39 Å². The number of halogens is 1. The van der Waals surface area contributed by atoms with Gasteiger partial charge in [0.2, 0.25) is 0 Å². The smallest absolute Gasteiger partial charge is 0.125 e. The third kappa shape index (κ3) is 1.73. The molecule has 1 aliphatic rings. The maximum atomic E-state index is 13.1. The number of likely N-dealkylation sites (N-methyl/N-ethyl adjacent to an activating group) is 1. The summed E-state index contributed by atoms with van der Waals surface area (Å²) < 4.78 is 13.1. The molecule has 1 N–H and O–H groups in total. The minimum atomic E-state index is -0.149. The van der Waals surface area contributed by atoms with Crippen LogP contribution in [-0.4, -0.2) is 19.6 Å². The zero-order valence-electron chi connectivity index (χ0n) is 8.39. The molecule has 1 aromatic carbocycles. The van der Waals surface area contributed by atoms with Crippen molar-refractivity contribution in [1.82, 2.24) is 5.32 Å².